The van der Waals surface area contributed by atoms with Crippen LogP contribution in [0.3, 0.4) is 0 Å². The summed E-state index contributed by atoms with van der Waals surface area (Å²) in [5.74, 6) is 0.377. The van der Waals surface area contributed by atoms with Crippen LogP contribution in [0.1, 0.15) is 21.5 Å². The summed E-state index contributed by atoms with van der Waals surface area (Å²) in [7, 11) is 1.56. The number of carboxylic acid groups (broad SMARTS) is 1. The molecule has 6 heteroatoms. The quantitative estimate of drug-likeness (QED) is 0.595. The third kappa shape index (κ3) is 4.88. The van der Waals surface area contributed by atoms with E-state index in [1.54, 1.807) is 67.9 Å². The molecule has 0 aromatic heterocycles. The Morgan fingerprint density at radius 2 is 1.71 bits per heavy atom. The summed E-state index contributed by atoms with van der Waals surface area (Å²) in [4.78, 5) is 15.3. The first-order valence-corrected chi connectivity index (χ1v) is 8.51. The topological polar surface area (TPSA) is 88.4 Å². The maximum absolute atomic E-state index is 10.9. The number of rotatable bonds is 7. The highest BCUT2D eigenvalue weighted by molar-refractivity contribution is 5.87. The Morgan fingerprint density at radius 3 is 2.36 bits per heavy atom. The first kappa shape index (κ1) is 19.0. The Labute approximate surface area is 162 Å². The minimum Gasteiger partial charge on any atom is -0.508 e. The van der Waals surface area contributed by atoms with Crippen molar-refractivity contribution >= 4 is 17.9 Å². The fraction of sp³-hybridized carbons (Fsp3) is 0.0909. The van der Waals surface area contributed by atoms with Crippen molar-refractivity contribution in [2.24, 2.45) is 4.99 Å². The normalized spacial score (nSPS) is 10.8. The standard InChI is InChI=1S/C22H19NO5/c1-27-21-12-16(13-23-18-7-9-19(24)10-8-18)4-11-20(21)28-14-15-2-5-17(6-3-15)22(25)26/h2-13,24H,14H2,1H3,(H,25,26). The molecule has 0 heterocycles. The van der Waals surface area contributed by atoms with Crippen LogP contribution in [0.5, 0.6) is 17.2 Å². The smallest absolute Gasteiger partial charge is 0.335 e. The van der Waals surface area contributed by atoms with Crippen molar-refractivity contribution in [1.29, 1.82) is 0 Å². The number of methoxy groups -OCH3 is 1. The number of hydrogen-bond acceptors (Lipinski definition) is 5. The predicted octanol–water partition coefficient (Wildman–Crippen LogP) is 4.43. The minimum atomic E-state index is -0.960. The van der Waals surface area contributed by atoms with Gasteiger partial charge in [0.2, 0.25) is 0 Å². The number of phenols is 1. The zero-order chi connectivity index (χ0) is 19.9. The van der Waals surface area contributed by atoms with Crippen LogP contribution in [0.2, 0.25) is 0 Å². The molecular weight excluding hydrogens is 358 g/mol. The lowest BCUT2D eigenvalue weighted by atomic mass is 10.1. The van der Waals surface area contributed by atoms with Crippen molar-refractivity contribution in [1.82, 2.24) is 0 Å². The van der Waals surface area contributed by atoms with Gasteiger partial charge in [-0.15, -0.1) is 0 Å². The van der Waals surface area contributed by atoms with Gasteiger partial charge in [0.1, 0.15) is 12.4 Å². The molecular formula is C22H19NO5. The van der Waals surface area contributed by atoms with Crippen molar-refractivity contribution in [3.63, 3.8) is 0 Å². The van der Waals surface area contributed by atoms with Crippen LogP contribution in [0.4, 0.5) is 5.69 Å². The number of carboxylic acids is 1. The number of ether oxygens (including phenoxy) is 2. The van der Waals surface area contributed by atoms with E-state index in [4.69, 9.17) is 14.6 Å². The van der Waals surface area contributed by atoms with Crippen molar-refractivity contribution in [3.8, 4) is 17.2 Å². The lowest BCUT2D eigenvalue weighted by Gasteiger charge is -2.11. The van der Waals surface area contributed by atoms with Crippen molar-refractivity contribution in [3.05, 3.63) is 83.4 Å². The lowest BCUT2D eigenvalue weighted by Crippen LogP contribution is -2.00. The first-order chi connectivity index (χ1) is 13.5. The van der Waals surface area contributed by atoms with Gasteiger partial charge < -0.3 is 19.7 Å². The second kappa shape index (κ2) is 8.73. The molecule has 0 bridgehead atoms. The summed E-state index contributed by atoms with van der Waals surface area (Å²) in [6.45, 7) is 0.289. The van der Waals surface area contributed by atoms with E-state index in [0.29, 0.717) is 11.5 Å². The minimum absolute atomic E-state index is 0.194. The van der Waals surface area contributed by atoms with Gasteiger partial charge in [0.25, 0.3) is 0 Å². The number of nitrogens with zero attached hydrogens (tertiary/aromatic N) is 1. The molecule has 0 saturated heterocycles. The molecule has 0 radical (unpaired) electrons. The summed E-state index contributed by atoms with van der Waals surface area (Å²) < 4.78 is 11.2. The summed E-state index contributed by atoms with van der Waals surface area (Å²) in [5.41, 5.74) is 2.65. The molecule has 0 fully saturated rings. The maximum Gasteiger partial charge on any atom is 0.335 e. The predicted molar refractivity (Wildman–Crippen MR) is 106 cm³/mol. The molecule has 142 valence electrons. The summed E-state index contributed by atoms with van der Waals surface area (Å²) in [6, 6.07) is 18.6. The number of aliphatic imine (C=N–C) groups is 1. The zero-order valence-electron chi connectivity index (χ0n) is 15.2. The second-order valence-electron chi connectivity index (χ2n) is 5.98. The second-order valence-corrected chi connectivity index (χ2v) is 5.98. The van der Waals surface area contributed by atoms with Gasteiger partial charge in [-0.25, -0.2) is 4.79 Å². The lowest BCUT2D eigenvalue weighted by molar-refractivity contribution is 0.0697. The number of aromatic carboxylic acids is 1. The number of benzene rings is 3. The molecule has 3 aromatic carbocycles. The van der Waals surface area contributed by atoms with Gasteiger partial charge in [0, 0.05) is 6.21 Å². The van der Waals surface area contributed by atoms with Crippen LogP contribution in [-0.2, 0) is 6.61 Å². The van der Waals surface area contributed by atoms with E-state index in [0.717, 1.165) is 16.8 Å². The van der Waals surface area contributed by atoms with Gasteiger partial charge in [-0.05, 0) is 65.7 Å². The Kier molecular flexibility index (Phi) is 5.91. The summed E-state index contributed by atoms with van der Waals surface area (Å²) in [6.07, 6.45) is 1.70. The average Bonchev–Trinajstić information content (AvgIpc) is 2.72. The number of phenolic OH excluding ortho intramolecular Hbond substituents is 1. The average molecular weight is 377 g/mol. The van der Waals surface area contributed by atoms with Gasteiger partial charge in [-0.1, -0.05) is 12.1 Å². The Morgan fingerprint density at radius 1 is 1.00 bits per heavy atom. The van der Waals surface area contributed by atoms with Gasteiger partial charge in [0.05, 0.1) is 18.4 Å². The molecule has 2 N–H and O–H groups in total. The van der Waals surface area contributed by atoms with Gasteiger partial charge in [-0.3, -0.25) is 4.99 Å². The van der Waals surface area contributed by atoms with E-state index in [-0.39, 0.29) is 17.9 Å². The third-order valence-corrected chi connectivity index (χ3v) is 4.00. The van der Waals surface area contributed by atoms with Crippen molar-refractivity contribution < 1.29 is 24.5 Å². The Bertz CT molecular complexity index is 979. The van der Waals surface area contributed by atoms with Gasteiger partial charge in [-0.2, -0.15) is 0 Å². The van der Waals surface area contributed by atoms with Crippen molar-refractivity contribution in [2.75, 3.05) is 7.11 Å². The molecule has 3 rings (SSSR count). The molecule has 0 unspecified atom stereocenters. The van der Waals surface area contributed by atoms with Gasteiger partial charge in [0.15, 0.2) is 11.5 Å². The van der Waals surface area contributed by atoms with E-state index in [1.807, 2.05) is 12.1 Å². The molecule has 0 atom stereocenters. The molecule has 0 amide bonds. The molecule has 6 nitrogen and oxygen atoms in total. The molecule has 0 aliphatic heterocycles. The van der Waals surface area contributed by atoms with E-state index < -0.39 is 5.97 Å². The fourth-order valence-electron chi connectivity index (χ4n) is 2.48. The number of aromatic hydroxyl groups is 1. The van der Waals surface area contributed by atoms with Crippen LogP contribution >= 0.6 is 0 Å². The molecule has 0 saturated carbocycles. The Hall–Kier alpha value is -3.80. The highest BCUT2D eigenvalue weighted by Gasteiger charge is 2.07. The van der Waals surface area contributed by atoms with Crippen LogP contribution < -0.4 is 9.47 Å². The number of hydrogen-bond donors (Lipinski definition) is 2. The van der Waals surface area contributed by atoms with E-state index >= 15 is 0 Å². The van der Waals surface area contributed by atoms with E-state index in [1.165, 1.54) is 0 Å². The third-order valence-electron chi connectivity index (χ3n) is 4.00. The highest BCUT2D eigenvalue weighted by atomic mass is 16.5. The number of carbonyl (C=O) groups is 1. The zero-order valence-corrected chi connectivity index (χ0v) is 15.2. The van der Waals surface area contributed by atoms with Crippen LogP contribution in [0, 0.1) is 0 Å². The SMILES string of the molecule is COc1cc(C=Nc2ccc(O)cc2)ccc1OCc1ccc(C(=O)O)cc1. The fourth-order valence-corrected chi connectivity index (χ4v) is 2.48. The molecule has 3 aromatic rings. The summed E-state index contributed by atoms with van der Waals surface area (Å²) >= 11 is 0. The van der Waals surface area contributed by atoms with Crippen LogP contribution in [0.15, 0.2) is 71.7 Å². The van der Waals surface area contributed by atoms with E-state index in [2.05, 4.69) is 4.99 Å². The van der Waals surface area contributed by atoms with Gasteiger partial charge >= 0.3 is 5.97 Å². The largest absolute Gasteiger partial charge is 0.508 e. The van der Waals surface area contributed by atoms with E-state index in [9.17, 15) is 9.90 Å². The van der Waals surface area contributed by atoms with Crippen LogP contribution in [-0.4, -0.2) is 29.5 Å². The molecule has 0 aliphatic carbocycles. The van der Waals surface area contributed by atoms with Crippen molar-refractivity contribution in [2.45, 2.75) is 6.61 Å². The highest BCUT2D eigenvalue weighted by Crippen LogP contribution is 2.28. The monoisotopic (exact) mass is 377 g/mol. The van der Waals surface area contributed by atoms with Crippen LogP contribution in [0.25, 0.3) is 0 Å². The molecule has 0 spiro atoms. The first-order valence-electron chi connectivity index (χ1n) is 8.51. The maximum atomic E-state index is 10.9. The molecule has 28 heavy (non-hydrogen) atoms. The summed E-state index contributed by atoms with van der Waals surface area (Å²) in [5, 5.41) is 18.2. The Balaban J connectivity index is 1.68. The molecule has 0 aliphatic rings.